The Hall–Kier alpha value is -2.27. The fraction of sp³-hybridized carbons (Fsp3) is 0.263. The van der Waals surface area contributed by atoms with Crippen LogP contribution in [0.15, 0.2) is 65.6 Å². The van der Waals surface area contributed by atoms with E-state index in [9.17, 15) is 9.59 Å². The molecule has 2 aromatic carbocycles. The number of hydrogen-bond acceptors (Lipinski definition) is 4. The highest BCUT2D eigenvalue weighted by Gasteiger charge is 2.18. The van der Waals surface area contributed by atoms with Gasteiger partial charge in [0.25, 0.3) is 5.91 Å². The van der Waals surface area contributed by atoms with Crippen LogP contribution in [-0.2, 0) is 14.3 Å². The lowest BCUT2D eigenvalue weighted by atomic mass is 10.1. The maximum absolute atomic E-state index is 12.0. The Morgan fingerprint density at radius 3 is 2.21 bits per heavy atom. The summed E-state index contributed by atoms with van der Waals surface area (Å²) in [7, 11) is 0. The van der Waals surface area contributed by atoms with Crippen LogP contribution in [0.3, 0.4) is 0 Å². The van der Waals surface area contributed by atoms with Crippen LogP contribution >= 0.6 is 11.8 Å². The Bertz CT molecular complexity index is 661. The molecule has 0 aromatic heterocycles. The van der Waals surface area contributed by atoms with E-state index in [0.717, 1.165) is 10.5 Å². The van der Waals surface area contributed by atoms with Crippen LogP contribution in [-0.4, -0.2) is 23.7 Å². The molecule has 2 atom stereocenters. The van der Waals surface area contributed by atoms with Crippen LogP contribution in [0.5, 0.6) is 0 Å². The van der Waals surface area contributed by atoms with E-state index in [1.165, 1.54) is 11.8 Å². The Kier molecular flexibility index (Phi) is 6.88. The molecule has 0 radical (unpaired) electrons. The number of amides is 1. The molecule has 0 fully saturated rings. The second-order valence-electron chi connectivity index (χ2n) is 5.38. The average Bonchev–Trinajstić information content (AvgIpc) is 2.61. The Morgan fingerprint density at radius 2 is 1.58 bits per heavy atom. The molecule has 126 valence electrons. The van der Waals surface area contributed by atoms with Gasteiger partial charge in [-0.15, -0.1) is 11.8 Å². The lowest BCUT2D eigenvalue weighted by Crippen LogP contribution is -2.32. The van der Waals surface area contributed by atoms with Crippen molar-refractivity contribution in [1.82, 2.24) is 5.32 Å². The van der Waals surface area contributed by atoms with Crippen LogP contribution in [0.1, 0.15) is 25.5 Å². The Balaban J connectivity index is 1.75. The van der Waals surface area contributed by atoms with Crippen LogP contribution in [0, 0.1) is 0 Å². The van der Waals surface area contributed by atoms with Crippen molar-refractivity contribution in [3.05, 3.63) is 66.2 Å². The first kappa shape index (κ1) is 18.1. The third kappa shape index (κ3) is 5.74. The van der Waals surface area contributed by atoms with Crippen molar-refractivity contribution in [2.45, 2.75) is 30.0 Å². The van der Waals surface area contributed by atoms with E-state index in [1.807, 2.05) is 67.6 Å². The summed E-state index contributed by atoms with van der Waals surface area (Å²) in [5.41, 5.74) is 1.00. The van der Waals surface area contributed by atoms with Crippen molar-refractivity contribution in [2.75, 3.05) is 6.61 Å². The van der Waals surface area contributed by atoms with Gasteiger partial charge in [-0.25, -0.2) is 0 Å². The first-order chi connectivity index (χ1) is 11.6. The van der Waals surface area contributed by atoms with Crippen molar-refractivity contribution in [2.24, 2.45) is 0 Å². The standard InChI is InChI=1S/C19H21NO3S/c1-14(16-9-5-3-6-10-16)20-18(21)13-23-19(22)15(2)24-17-11-7-4-8-12-17/h3-12,14-15H,13H2,1-2H3,(H,20,21)/t14-,15-/m0/s1. The third-order valence-electron chi connectivity index (χ3n) is 3.41. The number of ether oxygens (including phenoxy) is 1. The highest BCUT2D eigenvalue weighted by molar-refractivity contribution is 8.00. The maximum atomic E-state index is 12.0. The molecule has 0 heterocycles. The fourth-order valence-electron chi connectivity index (χ4n) is 2.11. The minimum Gasteiger partial charge on any atom is -0.455 e. The summed E-state index contributed by atoms with van der Waals surface area (Å²) in [5, 5.41) is 2.45. The van der Waals surface area contributed by atoms with E-state index >= 15 is 0 Å². The summed E-state index contributed by atoms with van der Waals surface area (Å²) >= 11 is 1.41. The molecule has 0 spiro atoms. The molecular formula is C19H21NO3S. The van der Waals surface area contributed by atoms with Crippen molar-refractivity contribution in [3.8, 4) is 0 Å². The maximum Gasteiger partial charge on any atom is 0.319 e. The van der Waals surface area contributed by atoms with E-state index in [-0.39, 0.29) is 23.8 Å². The summed E-state index contributed by atoms with van der Waals surface area (Å²) in [6, 6.07) is 19.1. The predicted octanol–water partition coefficient (Wildman–Crippen LogP) is 3.59. The SMILES string of the molecule is C[C@H](Sc1ccccc1)C(=O)OCC(=O)N[C@@H](C)c1ccccc1. The normalized spacial score (nSPS) is 12.9. The van der Waals surface area contributed by atoms with E-state index < -0.39 is 5.97 Å². The molecular weight excluding hydrogens is 322 g/mol. The van der Waals surface area contributed by atoms with E-state index in [4.69, 9.17) is 4.74 Å². The number of benzene rings is 2. The van der Waals surface area contributed by atoms with Crippen LogP contribution in [0.25, 0.3) is 0 Å². The molecule has 0 aliphatic rings. The highest BCUT2D eigenvalue weighted by Crippen LogP contribution is 2.23. The molecule has 0 unspecified atom stereocenters. The van der Waals surface area contributed by atoms with Gasteiger partial charge in [0.05, 0.1) is 6.04 Å². The fourth-order valence-corrected chi connectivity index (χ4v) is 3.00. The summed E-state index contributed by atoms with van der Waals surface area (Å²) in [6.07, 6.45) is 0. The highest BCUT2D eigenvalue weighted by atomic mass is 32.2. The molecule has 0 saturated heterocycles. The molecule has 4 nitrogen and oxygen atoms in total. The average molecular weight is 343 g/mol. The number of carbonyl (C=O) groups is 2. The number of hydrogen-bond donors (Lipinski definition) is 1. The zero-order valence-electron chi connectivity index (χ0n) is 13.8. The number of esters is 1. The van der Waals surface area contributed by atoms with Crippen LogP contribution in [0.4, 0.5) is 0 Å². The minimum atomic E-state index is -0.397. The molecule has 24 heavy (non-hydrogen) atoms. The Morgan fingerprint density at radius 1 is 1.00 bits per heavy atom. The summed E-state index contributed by atoms with van der Waals surface area (Å²) in [5.74, 6) is -0.706. The number of carbonyl (C=O) groups excluding carboxylic acids is 2. The summed E-state index contributed by atoms with van der Waals surface area (Å²) < 4.78 is 5.10. The molecule has 0 aliphatic carbocycles. The monoisotopic (exact) mass is 343 g/mol. The first-order valence-electron chi connectivity index (χ1n) is 7.79. The van der Waals surface area contributed by atoms with Crippen molar-refractivity contribution in [3.63, 3.8) is 0 Å². The van der Waals surface area contributed by atoms with Crippen molar-refractivity contribution < 1.29 is 14.3 Å². The van der Waals surface area contributed by atoms with E-state index in [1.54, 1.807) is 6.92 Å². The molecule has 1 N–H and O–H groups in total. The summed E-state index contributed by atoms with van der Waals surface area (Å²) in [6.45, 7) is 3.39. The molecule has 2 rings (SSSR count). The van der Waals surface area contributed by atoms with Gasteiger partial charge < -0.3 is 10.1 Å². The van der Waals surface area contributed by atoms with Gasteiger partial charge in [-0.3, -0.25) is 9.59 Å². The van der Waals surface area contributed by atoms with Crippen LogP contribution < -0.4 is 5.32 Å². The van der Waals surface area contributed by atoms with Gasteiger partial charge in [-0.05, 0) is 31.5 Å². The van der Waals surface area contributed by atoms with Gasteiger partial charge in [-0.1, -0.05) is 48.5 Å². The van der Waals surface area contributed by atoms with Gasteiger partial charge in [0.15, 0.2) is 6.61 Å². The second kappa shape index (κ2) is 9.13. The number of thioether (sulfide) groups is 1. The van der Waals surface area contributed by atoms with Crippen LogP contribution in [0.2, 0.25) is 0 Å². The third-order valence-corrected chi connectivity index (χ3v) is 4.50. The number of rotatable bonds is 7. The predicted molar refractivity (Wildman–Crippen MR) is 95.7 cm³/mol. The lowest BCUT2D eigenvalue weighted by molar-refractivity contribution is -0.147. The minimum absolute atomic E-state index is 0.131. The molecule has 5 heteroatoms. The number of nitrogens with one attached hydrogen (secondary N) is 1. The second-order valence-corrected chi connectivity index (χ2v) is 6.79. The van der Waals surface area contributed by atoms with Gasteiger partial charge in [-0.2, -0.15) is 0 Å². The Labute approximate surface area is 146 Å². The van der Waals surface area contributed by atoms with Gasteiger partial charge in [0.2, 0.25) is 0 Å². The topological polar surface area (TPSA) is 55.4 Å². The summed E-state index contributed by atoms with van der Waals surface area (Å²) in [4.78, 5) is 24.9. The van der Waals surface area contributed by atoms with Crippen molar-refractivity contribution in [1.29, 1.82) is 0 Å². The molecule has 2 aromatic rings. The lowest BCUT2D eigenvalue weighted by Gasteiger charge is -2.15. The molecule has 0 bridgehead atoms. The zero-order valence-corrected chi connectivity index (χ0v) is 14.6. The molecule has 0 aliphatic heterocycles. The zero-order chi connectivity index (χ0) is 17.4. The molecule has 1 amide bonds. The first-order valence-corrected chi connectivity index (χ1v) is 8.67. The quantitative estimate of drug-likeness (QED) is 0.617. The van der Waals surface area contributed by atoms with Gasteiger partial charge in [0.1, 0.15) is 5.25 Å². The molecule has 0 saturated carbocycles. The van der Waals surface area contributed by atoms with E-state index in [2.05, 4.69) is 5.32 Å². The van der Waals surface area contributed by atoms with Gasteiger partial charge in [0, 0.05) is 4.90 Å². The van der Waals surface area contributed by atoms with Gasteiger partial charge >= 0.3 is 5.97 Å². The van der Waals surface area contributed by atoms with Crippen molar-refractivity contribution >= 4 is 23.6 Å². The largest absolute Gasteiger partial charge is 0.455 e. The smallest absolute Gasteiger partial charge is 0.319 e. The van der Waals surface area contributed by atoms with E-state index in [0.29, 0.717) is 0 Å².